The summed E-state index contributed by atoms with van der Waals surface area (Å²) in [7, 11) is 0. The van der Waals surface area contributed by atoms with Gasteiger partial charge in [-0.25, -0.2) is 0 Å². The number of nitrogens with zero attached hydrogens (tertiary/aromatic N) is 1. The Morgan fingerprint density at radius 2 is 2.06 bits per heavy atom. The lowest BCUT2D eigenvalue weighted by Gasteiger charge is -2.33. The average Bonchev–Trinajstić information content (AvgIpc) is 2.96. The van der Waals surface area contributed by atoms with Gasteiger partial charge in [-0.15, -0.1) is 0 Å². The van der Waals surface area contributed by atoms with Gasteiger partial charge in [0.2, 0.25) is 5.91 Å². The molecule has 98 valence electrons. The minimum Gasteiger partial charge on any atom is -0.325 e. The van der Waals surface area contributed by atoms with Crippen molar-refractivity contribution in [3.8, 4) is 0 Å². The smallest absolute Gasteiger partial charge is 0.244 e. The topological polar surface area (TPSA) is 32.3 Å². The third-order valence-corrected chi connectivity index (χ3v) is 4.58. The molecule has 2 fully saturated rings. The first-order chi connectivity index (χ1) is 7.80. The Balaban J connectivity index is 2.06. The molecule has 1 saturated carbocycles. The number of hydrogen-bond acceptors (Lipinski definition) is 2. The van der Waals surface area contributed by atoms with Crippen molar-refractivity contribution >= 4 is 5.91 Å². The van der Waals surface area contributed by atoms with Crippen molar-refractivity contribution in [3.63, 3.8) is 0 Å². The van der Waals surface area contributed by atoms with Gasteiger partial charge in [0.25, 0.3) is 0 Å². The van der Waals surface area contributed by atoms with E-state index in [-0.39, 0.29) is 17.1 Å². The first-order valence-corrected chi connectivity index (χ1v) is 6.89. The SMILES string of the molecule is CCC1NC2(CC2)C(=O)N1CC(C)C(C)(C)C. The summed E-state index contributed by atoms with van der Waals surface area (Å²) in [6.45, 7) is 12.0. The molecule has 0 aromatic heterocycles. The van der Waals surface area contributed by atoms with Gasteiger partial charge in [0.05, 0.1) is 11.7 Å². The Morgan fingerprint density at radius 3 is 2.47 bits per heavy atom. The van der Waals surface area contributed by atoms with E-state index < -0.39 is 0 Å². The highest BCUT2D eigenvalue weighted by atomic mass is 16.2. The Bertz CT molecular complexity index is 315. The first kappa shape index (κ1) is 12.9. The van der Waals surface area contributed by atoms with Gasteiger partial charge < -0.3 is 4.90 Å². The zero-order valence-corrected chi connectivity index (χ0v) is 11.8. The summed E-state index contributed by atoms with van der Waals surface area (Å²) in [6, 6.07) is 0. The summed E-state index contributed by atoms with van der Waals surface area (Å²) in [5.74, 6) is 0.872. The summed E-state index contributed by atoms with van der Waals surface area (Å²) in [5, 5.41) is 3.52. The van der Waals surface area contributed by atoms with Crippen molar-refractivity contribution < 1.29 is 4.79 Å². The second-order valence-corrected chi connectivity index (χ2v) is 6.88. The molecule has 2 aliphatic rings. The van der Waals surface area contributed by atoms with Gasteiger partial charge >= 0.3 is 0 Å². The van der Waals surface area contributed by atoms with Gasteiger partial charge in [-0.05, 0) is 30.6 Å². The van der Waals surface area contributed by atoms with Crippen molar-refractivity contribution in [2.24, 2.45) is 11.3 Å². The predicted octanol–water partition coefficient (Wildman–Crippen LogP) is 2.37. The Labute approximate surface area is 105 Å². The normalized spacial score (nSPS) is 28.9. The summed E-state index contributed by atoms with van der Waals surface area (Å²) in [5.41, 5.74) is 0.107. The molecule has 2 unspecified atom stereocenters. The summed E-state index contributed by atoms with van der Waals surface area (Å²) >= 11 is 0. The van der Waals surface area contributed by atoms with E-state index in [1.165, 1.54) is 0 Å². The molecule has 0 aromatic rings. The van der Waals surface area contributed by atoms with E-state index in [9.17, 15) is 4.79 Å². The molecule has 1 amide bonds. The molecule has 3 heteroatoms. The third kappa shape index (κ3) is 2.22. The van der Waals surface area contributed by atoms with Gasteiger partial charge in [0.1, 0.15) is 0 Å². The second kappa shape index (κ2) is 3.98. The highest BCUT2D eigenvalue weighted by Crippen LogP contribution is 2.43. The number of nitrogens with one attached hydrogen (secondary N) is 1. The Morgan fingerprint density at radius 1 is 1.47 bits per heavy atom. The highest BCUT2D eigenvalue weighted by Gasteiger charge is 2.58. The van der Waals surface area contributed by atoms with Gasteiger partial charge in [-0.1, -0.05) is 34.6 Å². The molecular weight excluding hydrogens is 212 g/mol. The molecule has 0 bridgehead atoms. The fourth-order valence-corrected chi connectivity index (χ4v) is 2.46. The van der Waals surface area contributed by atoms with Gasteiger partial charge in [-0.2, -0.15) is 0 Å². The number of carbonyl (C=O) groups is 1. The van der Waals surface area contributed by atoms with Crippen LogP contribution in [0.15, 0.2) is 0 Å². The highest BCUT2D eigenvalue weighted by molar-refractivity contribution is 5.91. The molecule has 1 N–H and O–H groups in total. The van der Waals surface area contributed by atoms with E-state index >= 15 is 0 Å². The van der Waals surface area contributed by atoms with E-state index in [1.54, 1.807) is 0 Å². The van der Waals surface area contributed by atoms with Crippen LogP contribution in [0.25, 0.3) is 0 Å². The van der Waals surface area contributed by atoms with Crippen LogP contribution in [0.3, 0.4) is 0 Å². The zero-order chi connectivity index (χ0) is 12.8. The second-order valence-electron chi connectivity index (χ2n) is 6.88. The van der Waals surface area contributed by atoms with Crippen molar-refractivity contribution in [3.05, 3.63) is 0 Å². The van der Waals surface area contributed by atoms with Crippen molar-refractivity contribution in [2.45, 2.75) is 65.6 Å². The van der Waals surface area contributed by atoms with Crippen molar-refractivity contribution in [1.82, 2.24) is 10.2 Å². The molecule has 0 aromatic carbocycles. The van der Waals surface area contributed by atoms with E-state index in [2.05, 4.69) is 44.8 Å². The molecule has 2 atom stereocenters. The molecule has 1 aliphatic carbocycles. The molecule has 17 heavy (non-hydrogen) atoms. The van der Waals surface area contributed by atoms with E-state index in [0.29, 0.717) is 11.8 Å². The third-order valence-electron chi connectivity index (χ3n) is 4.58. The van der Waals surface area contributed by atoms with Gasteiger partial charge in [-0.3, -0.25) is 10.1 Å². The summed E-state index contributed by atoms with van der Waals surface area (Å²) in [4.78, 5) is 14.5. The summed E-state index contributed by atoms with van der Waals surface area (Å²) < 4.78 is 0. The fraction of sp³-hybridized carbons (Fsp3) is 0.929. The largest absolute Gasteiger partial charge is 0.325 e. The molecule has 1 heterocycles. The van der Waals surface area contributed by atoms with Crippen LogP contribution in [-0.4, -0.2) is 29.1 Å². The lowest BCUT2D eigenvalue weighted by atomic mass is 9.81. The Kier molecular flexibility index (Phi) is 3.01. The molecule has 3 nitrogen and oxygen atoms in total. The maximum Gasteiger partial charge on any atom is 0.244 e. The monoisotopic (exact) mass is 238 g/mol. The van der Waals surface area contributed by atoms with E-state index in [1.807, 2.05) is 0 Å². The average molecular weight is 238 g/mol. The van der Waals surface area contributed by atoms with Crippen LogP contribution in [0.5, 0.6) is 0 Å². The quantitative estimate of drug-likeness (QED) is 0.818. The van der Waals surface area contributed by atoms with Crippen LogP contribution in [0, 0.1) is 11.3 Å². The maximum absolute atomic E-state index is 12.4. The first-order valence-electron chi connectivity index (χ1n) is 6.89. The summed E-state index contributed by atoms with van der Waals surface area (Å²) in [6.07, 6.45) is 3.32. The number of carbonyl (C=O) groups excluding carboxylic acids is 1. The van der Waals surface area contributed by atoms with Gasteiger partial charge in [0.15, 0.2) is 0 Å². The van der Waals surface area contributed by atoms with Crippen molar-refractivity contribution in [2.75, 3.05) is 6.54 Å². The van der Waals surface area contributed by atoms with Crippen LogP contribution >= 0.6 is 0 Å². The number of amides is 1. The number of hydrogen-bond donors (Lipinski definition) is 1. The predicted molar refractivity (Wildman–Crippen MR) is 69.5 cm³/mol. The van der Waals surface area contributed by atoms with Crippen LogP contribution in [0.2, 0.25) is 0 Å². The molecule has 2 rings (SSSR count). The molecule has 0 radical (unpaired) electrons. The molecule has 1 saturated heterocycles. The lowest BCUT2D eigenvalue weighted by Crippen LogP contribution is -2.42. The minimum atomic E-state index is -0.154. The lowest BCUT2D eigenvalue weighted by molar-refractivity contribution is -0.131. The van der Waals surface area contributed by atoms with Crippen LogP contribution in [0.4, 0.5) is 0 Å². The maximum atomic E-state index is 12.4. The standard InChI is InChI=1S/C14H26N2O/c1-6-11-15-14(7-8-14)12(17)16(11)9-10(2)13(3,4)5/h10-11,15H,6-9H2,1-5H3. The fourth-order valence-electron chi connectivity index (χ4n) is 2.46. The molecular formula is C14H26N2O. The van der Waals surface area contributed by atoms with Crippen LogP contribution < -0.4 is 5.32 Å². The molecule has 1 aliphatic heterocycles. The minimum absolute atomic E-state index is 0.154. The zero-order valence-electron chi connectivity index (χ0n) is 11.8. The van der Waals surface area contributed by atoms with E-state index in [0.717, 1.165) is 25.8 Å². The van der Waals surface area contributed by atoms with Crippen LogP contribution in [-0.2, 0) is 4.79 Å². The van der Waals surface area contributed by atoms with E-state index in [4.69, 9.17) is 0 Å². The molecule has 1 spiro atoms. The van der Waals surface area contributed by atoms with Crippen molar-refractivity contribution in [1.29, 1.82) is 0 Å². The number of rotatable bonds is 3. The van der Waals surface area contributed by atoms with Gasteiger partial charge in [0, 0.05) is 6.54 Å². The Hall–Kier alpha value is -0.570. The van der Waals surface area contributed by atoms with Crippen LogP contribution in [0.1, 0.15) is 53.9 Å².